The van der Waals surface area contributed by atoms with Gasteiger partial charge in [-0.3, -0.25) is 0 Å². The van der Waals surface area contributed by atoms with Crippen LogP contribution in [0.5, 0.6) is 11.5 Å². The Bertz CT molecular complexity index is 1230. The summed E-state index contributed by atoms with van der Waals surface area (Å²) >= 11 is 1.42. The van der Waals surface area contributed by atoms with Crippen LogP contribution < -0.4 is 9.47 Å². The average Bonchev–Trinajstić information content (AvgIpc) is 3.22. The van der Waals surface area contributed by atoms with Crippen molar-refractivity contribution in [3.05, 3.63) is 60.3 Å². The third-order valence-electron chi connectivity index (χ3n) is 4.35. The predicted octanol–water partition coefficient (Wildman–Crippen LogP) is 4.54. The van der Waals surface area contributed by atoms with Gasteiger partial charge in [0.25, 0.3) is 0 Å². The number of carboxylic acids is 1. The number of hydrogen-bond donors (Lipinski definition) is 1. The van der Waals surface area contributed by atoms with E-state index >= 15 is 0 Å². The zero-order valence-corrected chi connectivity index (χ0v) is 17.0. The van der Waals surface area contributed by atoms with Gasteiger partial charge in [-0.1, -0.05) is 11.3 Å². The lowest BCUT2D eigenvalue weighted by Gasteiger charge is -2.04. The molecule has 8 heteroatoms. The highest BCUT2D eigenvalue weighted by atomic mass is 32.1. The molecule has 0 fully saturated rings. The monoisotopic (exact) mass is 419 g/mol. The summed E-state index contributed by atoms with van der Waals surface area (Å²) in [6, 6.07) is 14.9. The number of thiazole rings is 1. The second-order valence-corrected chi connectivity index (χ2v) is 7.21. The van der Waals surface area contributed by atoms with Crippen LogP contribution in [0.1, 0.15) is 5.69 Å². The maximum Gasteiger partial charge on any atom is 0.328 e. The number of fused-ring (bicyclic) bond motifs is 1. The Balaban J connectivity index is 1.84. The summed E-state index contributed by atoms with van der Waals surface area (Å²) < 4.78 is 10.4. The number of hydrogen-bond acceptors (Lipinski definition) is 7. The van der Waals surface area contributed by atoms with E-state index in [-0.39, 0.29) is 0 Å². The molecule has 0 spiro atoms. The molecule has 150 valence electrons. The Morgan fingerprint density at radius 2 is 1.50 bits per heavy atom. The van der Waals surface area contributed by atoms with Gasteiger partial charge >= 0.3 is 5.97 Å². The number of benzene rings is 2. The summed E-state index contributed by atoms with van der Waals surface area (Å²) in [7, 11) is 3.22. The lowest BCUT2D eigenvalue weighted by Crippen LogP contribution is -1.95. The van der Waals surface area contributed by atoms with E-state index in [0.717, 1.165) is 33.7 Å². The highest BCUT2D eigenvalue weighted by Gasteiger charge is 2.15. The molecule has 0 bridgehead atoms. The van der Waals surface area contributed by atoms with Crippen LogP contribution in [0.4, 0.5) is 0 Å². The molecule has 2 aromatic heterocycles. The van der Waals surface area contributed by atoms with E-state index in [1.54, 1.807) is 14.2 Å². The van der Waals surface area contributed by atoms with E-state index in [4.69, 9.17) is 14.6 Å². The molecule has 0 saturated carbocycles. The van der Waals surface area contributed by atoms with Crippen molar-refractivity contribution in [3.8, 4) is 33.5 Å². The predicted molar refractivity (Wildman–Crippen MR) is 116 cm³/mol. The van der Waals surface area contributed by atoms with Crippen LogP contribution in [-0.4, -0.2) is 40.2 Å². The van der Waals surface area contributed by atoms with Crippen molar-refractivity contribution in [1.82, 2.24) is 15.0 Å². The molecule has 4 aromatic rings. The van der Waals surface area contributed by atoms with Crippen molar-refractivity contribution < 1.29 is 19.4 Å². The van der Waals surface area contributed by atoms with Crippen molar-refractivity contribution in [2.24, 2.45) is 0 Å². The minimum absolute atomic E-state index is 0.448. The van der Waals surface area contributed by atoms with Gasteiger partial charge in [0.15, 0.2) is 5.82 Å². The van der Waals surface area contributed by atoms with E-state index in [1.165, 1.54) is 17.4 Å². The van der Waals surface area contributed by atoms with Gasteiger partial charge in [-0.05, 0) is 54.6 Å². The molecule has 2 aromatic carbocycles. The van der Waals surface area contributed by atoms with Crippen LogP contribution in [0.3, 0.4) is 0 Å². The van der Waals surface area contributed by atoms with Crippen molar-refractivity contribution in [3.63, 3.8) is 0 Å². The zero-order chi connectivity index (χ0) is 21.1. The van der Waals surface area contributed by atoms with Crippen LogP contribution in [0, 0.1) is 0 Å². The van der Waals surface area contributed by atoms with E-state index < -0.39 is 5.97 Å². The lowest BCUT2D eigenvalue weighted by molar-refractivity contribution is -0.131. The zero-order valence-electron chi connectivity index (χ0n) is 16.2. The van der Waals surface area contributed by atoms with E-state index in [1.807, 2.05) is 48.5 Å². The summed E-state index contributed by atoms with van der Waals surface area (Å²) in [6.45, 7) is 0. The van der Waals surface area contributed by atoms with Gasteiger partial charge in [0.2, 0.25) is 0 Å². The Labute approximate surface area is 176 Å². The fourth-order valence-electron chi connectivity index (χ4n) is 2.84. The van der Waals surface area contributed by atoms with Gasteiger partial charge in [0.05, 0.1) is 19.9 Å². The number of nitrogens with zero attached hydrogens (tertiary/aromatic N) is 3. The Morgan fingerprint density at radius 1 is 0.900 bits per heavy atom. The summed E-state index contributed by atoms with van der Waals surface area (Å²) in [5.74, 6) is 0.912. The van der Waals surface area contributed by atoms with E-state index in [0.29, 0.717) is 21.9 Å². The second kappa shape index (κ2) is 8.30. The molecule has 0 aliphatic carbocycles. The summed E-state index contributed by atoms with van der Waals surface area (Å²) in [4.78, 5) is 25.6. The molecular weight excluding hydrogens is 402 g/mol. The van der Waals surface area contributed by atoms with Crippen LogP contribution >= 0.6 is 11.3 Å². The first-order valence-electron chi connectivity index (χ1n) is 8.96. The average molecular weight is 419 g/mol. The molecule has 0 saturated heterocycles. The minimum Gasteiger partial charge on any atom is -0.497 e. The van der Waals surface area contributed by atoms with Gasteiger partial charge in [-0.15, -0.1) is 0 Å². The smallest absolute Gasteiger partial charge is 0.328 e. The topological polar surface area (TPSA) is 94.4 Å². The fraction of sp³-hybridized carbons (Fsp3) is 0.0909. The highest BCUT2D eigenvalue weighted by Crippen LogP contribution is 2.33. The molecule has 0 radical (unpaired) electrons. The lowest BCUT2D eigenvalue weighted by atomic mass is 10.2. The van der Waals surface area contributed by atoms with Gasteiger partial charge in [0.1, 0.15) is 26.9 Å². The first-order chi connectivity index (χ1) is 14.6. The van der Waals surface area contributed by atoms with Crippen LogP contribution in [0.2, 0.25) is 0 Å². The minimum atomic E-state index is -1.06. The molecule has 30 heavy (non-hydrogen) atoms. The van der Waals surface area contributed by atoms with Crippen LogP contribution in [0.15, 0.2) is 54.6 Å². The van der Waals surface area contributed by atoms with Gasteiger partial charge < -0.3 is 14.6 Å². The standard InChI is InChI=1S/C22H17N3O4S/c1-28-15-7-3-13(4-8-15)20-23-17(11-12-18(26)27)19-22(25-20)30-21(24-19)14-5-9-16(29-2)10-6-14/h3-12H,1-2H3,(H,26,27)/b12-11+. The summed E-state index contributed by atoms with van der Waals surface area (Å²) in [6.07, 6.45) is 2.49. The first-order valence-corrected chi connectivity index (χ1v) is 9.77. The number of ether oxygens (including phenoxy) is 2. The molecule has 0 amide bonds. The molecule has 0 unspecified atom stereocenters. The van der Waals surface area contributed by atoms with Gasteiger partial charge in [0, 0.05) is 17.2 Å². The molecule has 1 N–H and O–H groups in total. The van der Waals surface area contributed by atoms with Crippen molar-refractivity contribution >= 4 is 33.7 Å². The highest BCUT2D eigenvalue weighted by molar-refractivity contribution is 7.21. The number of carbonyl (C=O) groups is 1. The maximum atomic E-state index is 11.0. The number of carboxylic acid groups (broad SMARTS) is 1. The Kier molecular flexibility index (Phi) is 5.40. The third-order valence-corrected chi connectivity index (χ3v) is 5.35. The molecular formula is C22H17N3O4S. The molecule has 2 heterocycles. The number of aliphatic carboxylic acids is 1. The number of aromatic nitrogens is 3. The van der Waals surface area contributed by atoms with E-state index in [9.17, 15) is 4.79 Å². The fourth-order valence-corrected chi connectivity index (χ4v) is 3.79. The summed E-state index contributed by atoms with van der Waals surface area (Å²) in [5, 5.41) is 9.81. The van der Waals surface area contributed by atoms with Crippen LogP contribution in [-0.2, 0) is 4.79 Å². The molecule has 0 atom stereocenters. The molecule has 7 nitrogen and oxygen atoms in total. The molecule has 0 aliphatic heterocycles. The van der Waals surface area contributed by atoms with Crippen molar-refractivity contribution in [2.45, 2.75) is 0 Å². The largest absolute Gasteiger partial charge is 0.497 e. The quantitative estimate of drug-likeness (QED) is 0.459. The number of rotatable bonds is 6. The number of methoxy groups -OCH3 is 2. The first kappa shape index (κ1) is 19.5. The Hall–Kier alpha value is -3.78. The van der Waals surface area contributed by atoms with E-state index in [2.05, 4.69) is 15.0 Å². The summed E-state index contributed by atoms with van der Waals surface area (Å²) in [5.41, 5.74) is 2.71. The van der Waals surface area contributed by atoms with Crippen molar-refractivity contribution in [1.29, 1.82) is 0 Å². The van der Waals surface area contributed by atoms with Crippen LogP contribution in [0.25, 0.3) is 38.4 Å². The van der Waals surface area contributed by atoms with Crippen molar-refractivity contribution in [2.75, 3.05) is 14.2 Å². The molecule has 4 rings (SSSR count). The maximum absolute atomic E-state index is 11.0. The normalized spacial score (nSPS) is 11.1. The molecule has 0 aliphatic rings. The second-order valence-electron chi connectivity index (χ2n) is 6.23. The SMILES string of the molecule is COc1ccc(-c2nc(/C=C/C(=O)O)c3nc(-c4ccc(OC)cc4)sc3n2)cc1. The van der Waals surface area contributed by atoms with Gasteiger partial charge in [-0.2, -0.15) is 0 Å². The Morgan fingerprint density at radius 3 is 2.07 bits per heavy atom. The van der Waals surface area contributed by atoms with Gasteiger partial charge in [-0.25, -0.2) is 19.7 Å². The third kappa shape index (κ3) is 3.99.